The third-order valence-electron chi connectivity index (χ3n) is 4.39. The molecule has 3 aromatic carbocycles. The number of fused-ring (bicyclic) bond motifs is 4. The summed E-state index contributed by atoms with van der Waals surface area (Å²) in [7, 11) is 0. The Morgan fingerprint density at radius 2 is 1.67 bits per heavy atom. The van der Waals surface area contributed by atoms with Crippen molar-refractivity contribution in [2.45, 2.75) is 0 Å². The molecule has 0 unspecified atom stereocenters. The van der Waals surface area contributed by atoms with E-state index in [-0.39, 0.29) is 0 Å². The first-order chi connectivity index (χ1) is 11.8. The van der Waals surface area contributed by atoms with E-state index >= 15 is 0 Å². The van der Waals surface area contributed by atoms with Gasteiger partial charge in [0.15, 0.2) is 0 Å². The van der Waals surface area contributed by atoms with E-state index in [2.05, 4.69) is 29.2 Å². The Bertz CT molecular complexity index is 1220. The molecule has 0 aliphatic heterocycles. The van der Waals surface area contributed by atoms with Gasteiger partial charge < -0.3 is 4.42 Å². The highest BCUT2D eigenvalue weighted by molar-refractivity contribution is 6.31. The number of para-hydroxylation sites is 2. The fraction of sp³-hybridized carbons (Fsp3) is 0. The maximum atomic E-state index is 6.14. The van der Waals surface area contributed by atoms with Crippen LogP contribution in [0.2, 0.25) is 5.02 Å². The molecule has 5 aromatic rings. The monoisotopic (exact) mass is 329 g/mol. The summed E-state index contributed by atoms with van der Waals surface area (Å²) in [4.78, 5) is 4.62. The summed E-state index contributed by atoms with van der Waals surface area (Å²) < 4.78 is 6.14. The molecule has 0 aliphatic carbocycles. The zero-order valence-corrected chi connectivity index (χ0v) is 13.4. The summed E-state index contributed by atoms with van der Waals surface area (Å²) >= 11 is 6.13. The summed E-state index contributed by atoms with van der Waals surface area (Å²) in [5.74, 6) is 0. The average molecular weight is 330 g/mol. The predicted octanol–water partition coefficient (Wildman–Crippen LogP) is 6.45. The zero-order chi connectivity index (χ0) is 16.1. The second-order valence-electron chi connectivity index (χ2n) is 5.81. The van der Waals surface area contributed by atoms with Crippen LogP contribution in [0.25, 0.3) is 44.0 Å². The lowest BCUT2D eigenvalue weighted by molar-refractivity contribution is 0.670. The van der Waals surface area contributed by atoms with E-state index in [9.17, 15) is 0 Å². The minimum absolute atomic E-state index is 0.724. The number of aromatic nitrogens is 1. The lowest BCUT2D eigenvalue weighted by atomic mass is 10.0. The summed E-state index contributed by atoms with van der Waals surface area (Å²) in [5, 5.41) is 5.09. The molecular weight excluding hydrogens is 318 g/mol. The van der Waals surface area contributed by atoms with Gasteiger partial charge in [0, 0.05) is 32.9 Å². The van der Waals surface area contributed by atoms with E-state index in [1.165, 1.54) is 0 Å². The summed E-state index contributed by atoms with van der Waals surface area (Å²) in [5.41, 5.74) is 3.67. The van der Waals surface area contributed by atoms with Crippen molar-refractivity contribution in [3.05, 3.63) is 77.9 Å². The highest BCUT2D eigenvalue weighted by atomic mass is 35.5. The van der Waals surface area contributed by atoms with E-state index < -0.39 is 0 Å². The van der Waals surface area contributed by atoms with Crippen molar-refractivity contribution in [3.63, 3.8) is 0 Å². The van der Waals surface area contributed by atoms with Gasteiger partial charge >= 0.3 is 0 Å². The average Bonchev–Trinajstić information content (AvgIpc) is 3.00. The van der Waals surface area contributed by atoms with Gasteiger partial charge in [0.1, 0.15) is 11.2 Å². The molecule has 0 N–H and O–H groups in total. The molecule has 0 radical (unpaired) electrons. The maximum Gasteiger partial charge on any atom is 0.144 e. The smallest absolute Gasteiger partial charge is 0.144 e. The molecule has 0 saturated heterocycles. The maximum absolute atomic E-state index is 6.14. The zero-order valence-electron chi connectivity index (χ0n) is 12.7. The molecule has 0 atom stereocenters. The SMILES string of the molecule is Clc1ccc2c(-c3cccc4c3oc3ccccc34)nccc2c1. The minimum Gasteiger partial charge on any atom is -0.455 e. The van der Waals surface area contributed by atoms with Crippen molar-refractivity contribution < 1.29 is 4.42 Å². The Morgan fingerprint density at radius 3 is 2.62 bits per heavy atom. The molecule has 2 nitrogen and oxygen atoms in total. The number of benzene rings is 3. The van der Waals surface area contributed by atoms with Crippen molar-refractivity contribution in [1.82, 2.24) is 4.98 Å². The summed E-state index contributed by atoms with van der Waals surface area (Å²) in [6.07, 6.45) is 1.81. The molecule has 0 aliphatic rings. The molecule has 114 valence electrons. The Kier molecular flexibility index (Phi) is 2.88. The van der Waals surface area contributed by atoms with Gasteiger partial charge in [-0.25, -0.2) is 0 Å². The van der Waals surface area contributed by atoms with Crippen LogP contribution in [0.1, 0.15) is 0 Å². The van der Waals surface area contributed by atoms with Crippen LogP contribution in [0.5, 0.6) is 0 Å². The molecule has 0 fully saturated rings. The van der Waals surface area contributed by atoms with Gasteiger partial charge in [-0.2, -0.15) is 0 Å². The molecule has 0 amide bonds. The van der Waals surface area contributed by atoms with Gasteiger partial charge in [-0.3, -0.25) is 4.98 Å². The predicted molar refractivity (Wildman–Crippen MR) is 99.5 cm³/mol. The second-order valence-corrected chi connectivity index (χ2v) is 6.24. The molecule has 0 saturated carbocycles. The molecule has 2 heterocycles. The van der Waals surface area contributed by atoms with E-state index in [0.717, 1.165) is 49.0 Å². The van der Waals surface area contributed by atoms with Crippen LogP contribution >= 0.6 is 11.6 Å². The third kappa shape index (κ3) is 1.93. The molecule has 0 bridgehead atoms. The molecule has 24 heavy (non-hydrogen) atoms. The van der Waals surface area contributed by atoms with Crippen LogP contribution in [-0.4, -0.2) is 4.98 Å². The lowest BCUT2D eigenvalue weighted by Crippen LogP contribution is -1.86. The van der Waals surface area contributed by atoms with Gasteiger partial charge in [0.05, 0.1) is 5.69 Å². The normalized spacial score (nSPS) is 11.5. The lowest BCUT2D eigenvalue weighted by Gasteiger charge is -2.07. The van der Waals surface area contributed by atoms with Crippen molar-refractivity contribution in [3.8, 4) is 11.3 Å². The van der Waals surface area contributed by atoms with Crippen LogP contribution in [0.3, 0.4) is 0 Å². The van der Waals surface area contributed by atoms with Crippen molar-refractivity contribution in [2.24, 2.45) is 0 Å². The first kappa shape index (κ1) is 13.6. The van der Waals surface area contributed by atoms with Gasteiger partial charge in [-0.05, 0) is 35.7 Å². The van der Waals surface area contributed by atoms with Gasteiger partial charge in [0.2, 0.25) is 0 Å². The fourth-order valence-electron chi connectivity index (χ4n) is 3.30. The summed E-state index contributed by atoms with van der Waals surface area (Å²) in [6.45, 7) is 0. The van der Waals surface area contributed by atoms with Crippen LogP contribution in [0, 0.1) is 0 Å². The van der Waals surface area contributed by atoms with Gasteiger partial charge in [0.25, 0.3) is 0 Å². The van der Waals surface area contributed by atoms with Gasteiger partial charge in [-0.15, -0.1) is 0 Å². The van der Waals surface area contributed by atoms with E-state index in [1.54, 1.807) is 0 Å². The molecule has 0 spiro atoms. The van der Waals surface area contributed by atoms with Crippen LogP contribution in [0.15, 0.2) is 77.3 Å². The quantitative estimate of drug-likeness (QED) is 0.353. The van der Waals surface area contributed by atoms with Crippen LogP contribution in [-0.2, 0) is 0 Å². The highest BCUT2D eigenvalue weighted by Crippen LogP contribution is 2.37. The number of halogens is 1. The van der Waals surface area contributed by atoms with E-state index in [0.29, 0.717) is 0 Å². The molecule has 2 aromatic heterocycles. The first-order valence-electron chi connectivity index (χ1n) is 7.76. The van der Waals surface area contributed by atoms with Crippen molar-refractivity contribution in [2.75, 3.05) is 0 Å². The third-order valence-corrected chi connectivity index (χ3v) is 4.62. The highest BCUT2D eigenvalue weighted by Gasteiger charge is 2.14. The largest absolute Gasteiger partial charge is 0.455 e. The Balaban J connectivity index is 1.90. The minimum atomic E-state index is 0.724. The molecular formula is C21H12ClNO. The topological polar surface area (TPSA) is 26.0 Å². The Hall–Kier alpha value is -2.84. The van der Waals surface area contributed by atoms with Gasteiger partial charge in [-0.1, -0.05) is 48.0 Å². The van der Waals surface area contributed by atoms with E-state index in [1.807, 2.05) is 48.7 Å². The van der Waals surface area contributed by atoms with Crippen LogP contribution < -0.4 is 0 Å². The van der Waals surface area contributed by atoms with E-state index in [4.69, 9.17) is 16.0 Å². The van der Waals surface area contributed by atoms with Crippen molar-refractivity contribution in [1.29, 1.82) is 0 Å². The molecule has 5 rings (SSSR count). The Labute approximate surface area is 143 Å². The number of nitrogens with zero attached hydrogens (tertiary/aromatic N) is 1. The second kappa shape index (κ2) is 5.08. The number of rotatable bonds is 1. The van der Waals surface area contributed by atoms with Crippen molar-refractivity contribution >= 4 is 44.3 Å². The standard InChI is InChI=1S/C21H12ClNO/c22-14-8-9-15-13(12-14)10-11-23-20(15)18-6-3-5-17-16-4-1-2-7-19(16)24-21(17)18/h1-12H. The molecule has 3 heteroatoms. The number of pyridine rings is 1. The first-order valence-corrected chi connectivity index (χ1v) is 8.14. The van der Waals surface area contributed by atoms with Crippen LogP contribution in [0.4, 0.5) is 0 Å². The fourth-order valence-corrected chi connectivity index (χ4v) is 3.48. The number of furan rings is 1. The number of hydrogen-bond donors (Lipinski definition) is 0. The Morgan fingerprint density at radius 1 is 0.792 bits per heavy atom. The number of hydrogen-bond acceptors (Lipinski definition) is 2. The summed E-state index contributed by atoms with van der Waals surface area (Å²) in [6, 6.07) is 22.1.